The third-order valence-corrected chi connectivity index (χ3v) is 11.1. The molecule has 1 heterocycles. The van der Waals surface area contributed by atoms with Crippen LogP contribution >= 0.6 is 0 Å². The topological polar surface area (TPSA) is 43.8 Å². The molecular weight excluding hydrogens is 408 g/mol. The minimum absolute atomic E-state index is 0.124. The number of fused-ring (bicyclic) bond motifs is 2. The van der Waals surface area contributed by atoms with Crippen LogP contribution in [0.5, 0.6) is 0 Å². The summed E-state index contributed by atoms with van der Waals surface area (Å²) in [4.78, 5) is 17.5. The number of rotatable bonds is 3. The fraction of sp³-hybridized carbons (Fsp3) is 0.897. The fourth-order valence-corrected chi connectivity index (χ4v) is 8.76. The van der Waals surface area contributed by atoms with Crippen molar-refractivity contribution in [2.45, 2.75) is 110 Å². The van der Waals surface area contributed by atoms with Gasteiger partial charge in [-0.3, -0.25) is 4.79 Å². The van der Waals surface area contributed by atoms with Crippen LogP contribution in [0.2, 0.25) is 0 Å². The van der Waals surface area contributed by atoms with Crippen LogP contribution in [0.1, 0.15) is 92.4 Å². The first-order chi connectivity index (χ1) is 15.5. The Labute approximate surface area is 203 Å². The van der Waals surface area contributed by atoms with Crippen molar-refractivity contribution < 1.29 is 9.90 Å². The summed E-state index contributed by atoms with van der Waals surface area (Å²) >= 11 is 0. The molecule has 4 rings (SSSR count). The zero-order valence-corrected chi connectivity index (χ0v) is 22.4. The van der Waals surface area contributed by atoms with Gasteiger partial charge in [-0.1, -0.05) is 25.5 Å². The van der Waals surface area contributed by atoms with E-state index < -0.39 is 5.60 Å². The second kappa shape index (κ2) is 9.30. The highest BCUT2D eigenvalue weighted by Gasteiger charge is 2.61. The van der Waals surface area contributed by atoms with Crippen LogP contribution in [0.15, 0.2) is 11.6 Å². The van der Waals surface area contributed by atoms with Gasteiger partial charge in [0, 0.05) is 25.7 Å². The summed E-state index contributed by atoms with van der Waals surface area (Å²) in [6.07, 6.45) is 13.0. The molecule has 0 aromatic carbocycles. The lowest BCUT2D eigenvalue weighted by molar-refractivity contribution is -0.150. The molecule has 2 saturated carbocycles. The summed E-state index contributed by atoms with van der Waals surface area (Å²) in [6.45, 7) is 12.1. The number of aliphatic hydroxyl groups is 1. The predicted octanol–water partition coefficient (Wildman–Crippen LogP) is 5.50. The maximum absolute atomic E-state index is 13.0. The largest absolute Gasteiger partial charge is 0.380 e. The van der Waals surface area contributed by atoms with E-state index in [9.17, 15) is 9.90 Å². The summed E-state index contributed by atoms with van der Waals surface area (Å²) in [7, 11) is 4.26. The lowest BCUT2D eigenvalue weighted by atomic mass is 9.54. The van der Waals surface area contributed by atoms with Crippen molar-refractivity contribution in [3.8, 4) is 0 Å². The Balaban J connectivity index is 1.55. The Hall–Kier alpha value is -0.870. The molecule has 4 aliphatic rings. The minimum Gasteiger partial charge on any atom is -0.380 e. The van der Waals surface area contributed by atoms with Gasteiger partial charge in [-0.2, -0.15) is 0 Å². The predicted molar refractivity (Wildman–Crippen MR) is 136 cm³/mol. The Morgan fingerprint density at radius 3 is 2.58 bits per heavy atom. The van der Waals surface area contributed by atoms with Crippen LogP contribution < -0.4 is 0 Å². The van der Waals surface area contributed by atoms with Gasteiger partial charge in [0.05, 0.1) is 0 Å². The molecule has 1 unspecified atom stereocenters. The van der Waals surface area contributed by atoms with Crippen LogP contribution in [0.3, 0.4) is 0 Å². The molecule has 1 aliphatic heterocycles. The number of amides is 1. The average molecular weight is 459 g/mol. The van der Waals surface area contributed by atoms with Crippen molar-refractivity contribution in [3.63, 3.8) is 0 Å². The van der Waals surface area contributed by atoms with Gasteiger partial charge in [0.1, 0.15) is 5.60 Å². The number of hydrogen-bond acceptors (Lipinski definition) is 3. The highest BCUT2D eigenvalue weighted by Crippen LogP contribution is 2.65. The first-order valence-corrected chi connectivity index (χ1v) is 13.9. The number of nitrogens with zero attached hydrogens (tertiary/aromatic N) is 2. The molecule has 3 aliphatic carbocycles. The van der Waals surface area contributed by atoms with Crippen molar-refractivity contribution in [2.75, 3.05) is 20.6 Å². The zero-order chi connectivity index (χ0) is 24.1. The molecule has 1 amide bonds. The number of carbonyl (C=O) groups excluding carboxylic acids is 1. The summed E-state index contributed by atoms with van der Waals surface area (Å²) in [6, 6.07) is 0.927. The Kier molecular flexibility index (Phi) is 7.11. The maximum atomic E-state index is 13.0. The normalized spacial score (nSPS) is 45.2. The average Bonchev–Trinajstić information content (AvgIpc) is 3.27. The van der Waals surface area contributed by atoms with Crippen molar-refractivity contribution in [2.24, 2.45) is 35.0 Å². The Bertz CT molecular complexity index is 761. The van der Waals surface area contributed by atoms with E-state index in [1.165, 1.54) is 50.6 Å². The van der Waals surface area contributed by atoms with Crippen LogP contribution in [-0.4, -0.2) is 59.1 Å². The van der Waals surface area contributed by atoms with Crippen LogP contribution in [-0.2, 0) is 4.79 Å². The number of carbonyl (C=O) groups is 1. The van der Waals surface area contributed by atoms with Crippen LogP contribution in [0.4, 0.5) is 0 Å². The molecule has 9 atom stereocenters. The minimum atomic E-state index is -1.26. The molecular formula is C29H50N2O2. The van der Waals surface area contributed by atoms with Gasteiger partial charge in [0.2, 0.25) is 0 Å². The molecule has 1 spiro atoms. The summed E-state index contributed by atoms with van der Waals surface area (Å²) in [5.41, 5.74) is 0.734. The summed E-state index contributed by atoms with van der Waals surface area (Å²) in [5.74, 6) is 4.00. The summed E-state index contributed by atoms with van der Waals surface area (Å²) in [5, 5.41) is 10.6. The SMILES string of the molecule is CCC(C)(O)C(=O)N(C)[C@H]1CC[C@H](C)[C@H]2CC[C@]34CN(C)[C@@H](C)[C@H]3CC[C@H]4[C@@H]2C/C=C(\C)C1. The molecule has 0 radical (unpaired) electrons. The monoisotopic (exact) mass is 458 g/mol. The fourth-order valence-electron chi connectivity index (χ4n) is 8.76. The lowest BCUT2D eigenvalue weighted by Crippen LogP contribution is -2.49. The molecule has 0 bridgehead atoms. The van der Waals surface area contributed by atoms with Crippen LogP contribution in [0, 0.1) is 35.0 Å². The summed E-state index contributed by atoms with van der Waals surface area (Å²) < 4.78 is 0. The van der Waals surface area contributed by atoms with E-state index in [-0.39, 0.29) is 11.9 Å². The smallest absolute Gasteiger partial charge is 0.254 e. The van der Waals surface area contributed by atoms with Gasteiger partial charge in [-0.15, -0.1) is 0 Å². The quantitative estimate of drug-likeness (QED) is 0.568. The Morgan fingerprint density at radius 2 is 1.88 bits per heavy atom. The van der Waals surface area contributed by atoms with Gasteiger partial charge in [-0.05, 0) is 121 Å². The van der Waals surface area contributed by atoms with Gasteiger partial charge < -0.3 is 14.9 Å². The van der Waals surface area contributed by atoms with E-state index in [4.69, 9.17) is 0 Å². The van der Waals surface area contributed by atoms with E-state index >= 15 is 0 Å². The highest BCUT2D eigenvalue weighted by atomic mass is 16.3. The molecule has 4 nitrogen and oxygen atoms in total. The zero-order valence-electron chi connectivity index (χ0n) is 22.4. The lowest BCUT2D eigenvalue weighted by Gasteiger charge is -2.50. The second-order valence-electron chi connectivity index (χ2n) is 12.8. The number of likely N-dealkylation sites (tertiary alicyclic amines) is 1. The van der Waals surface area contributed by atoms with E-state index in [1.54, 1.807) is 6.92 Å². The van der Waals surface area contributed by atoms with Gasteiger partial charge in [0.25, 0.3) is 5.91 Å². The van der Waals surface area contributed by atoms with E-state index in [2.05, 4.69) is 38.8 Å². The van der Waals surface area contributed by atoms with E-state index in [0.29, 0.717) is 17.8 Å². The number of likely N-dealkylation sites (N-methyl/N-ethyl adjacent to an activating group) is 1. The van der Waals surface area contributed by atoms with Gasteiger partial charge in [-0.25, -0.2) is 0 Å². The first kappa shape index (κ1) is 25.2. The molecule has 4 heteroatoms. The third-order valence-electron chi connectivity index (χ3n) is 11.1. The van der Waals surface area contributed by atoms with Crippen LogP contribution in [0.25, 0.3) is 0 Å². The van der Waals surface area contributed by atoms with E-state index in [0.717, 1.165) is 42.6 Å². The molecule has 1 saturated heterocycles. The first-order valence-electron chi connectivity index (χ1n) is 13.9. The van der Waals surface area contributed by atoms with Crippen molar-refractivity contribution in [1.29, 1.82) is 0 Å². The number of hydrogen-bond donors (Lipinski definition) is 1. The molecule has 0 aromatic heterocycles. The maximum Gasteiger partial charge on any atom is 0.254 e. The highest BCUT2D eigenvalue weighted by molar-refractivity contribution is 5.84. The van der Waals surface area contributed by atoms with Gasteiger partial charge >= 0.3 is 0 Å². The van der Waals surface area contributed by atoms with Crippen molar-refractivity contribution in [3.05, 3.63) is 11.6 Å². The molecule has 1 N–H and O–H groups in total. The molecule has 3 fully saturated rings. The van der Waals surface area contributed by atoms with E-state index in [1.807, 2.05) is 18.9 Å². The molecule has 33 heavy (non-hydrogen) atoms. The second-order valence-corrected chi connectivity index (χ2v) is 12.8. The standard InChI is InChI=1S/C29H50N2O2/c1-8-28(5,33)27(32)31(7)22-11-10-20(3)23-15-16-29-18-30(6)21(4)25(29)13-14-26(29)24(23)12-9-19(2)17-22/h9,20-26,33H,8,10-18H2,1-7H3/b19-9+/t20-,21-,22-,23+,24+,25+,26-,28?,29-/m0/s1. The number of allylic oxidation sites excluding steroid dienone is 1. The molecule has 0 aromatic rings. The third kappa shape index (κ3) is 4.33. The van der Waals surface area contributed by atoms with Crippen molar-refractivity contribution >= 4 is 5.91 Å². The van der Waals surface area contributed by atoms with Gasteiger partial charge in [0.15, 0.2) is 0 Å². The molecule has 188 valence electrons. The Morgan fingerprint density at radius 1 is 1.18 bits per heavy atom. The van der Waals surface area contributed by atoms with Crippen molar-refractivity contribution in [1.82, 2.24) is 9.80 Å².